The number of carbonyl (C=O) groups is 1. The Morgan fingerprint density at radius 2 is 1.93 bits per heavy atom. The van der Waals surface area contributed by atoms with Gasteiger partial charge < -0.3 is 9.64 Å². The molecule has 0 unspecified atom stereocenters. The summed E-state index contributed by atoms with van der Waals surface area (Å²) in [4.78, 5) is 18.6. The summed E-state index contributed by atoms with van der Waals surface area (Å²) in [6, 6.07) is 10.1. The van der Waals surface area contributed by atoms with Gasteiger partial charge in [-0.15, -0.1) is 0 Å². The molecule has 0 bridgehead atoms. The molecule has 1 aromatic carbocycles. The van der Waals surface area contributed by atoms with E-state index in [0.29, 0.717) is 31.7 Å². The molecular formula is C21H27N3O4S. The zero-order chi connectivity index (χ0) is 20.7. The van der Waals surface area contributed by atoms with Crippen LogP contribution in [0.15, 0.2) is 53.7 Å². The Kier molecular flexibility index (Phi) is 7.22. The van der Waals surface area contributed by atoms with Gasteiger partial charge in [0.15, 0.2) is 0 Å². The lowest BCUT2D eigenvalue weighted by Gasteiger charge is -2.33. The van der Waals surface area contributed by atoms with Gasteiger partial charge >= 0.3 is 0 Å². The number of aryl methyl sites for hydroxylation is 1. The summed E-state index contributed by atoms with van der Waals surface area (Å²) in [6.07, 6.45) is 6.38. The number of aromatic nitrogens is 1. The molecule has 29 heavy (non-hydrogen) atoms. The minimum atomic E-state index is -3.58. The third-order valence-corrected chi connectivity index (χ3v) is 6.62. The molecule has 1 aromatic heterocycles. The standard InChI is InChI=1S/C21H27N3O4S/c1-28-19-5-7-20(8-6-19)29(26,27)23-15-18-3-2-14-24(16-18)21(25)9-4-17-10-12-22-13-11-17/h5-8,10-13,18,23H,2-4,9,14-16H2,1H3/t18-/m1/s1. The largest absolute Gasteiger partial charge is 0.497 e. The lowest BCUT2D eigenvalue weighted by molar-refractivity contribution is -0.132. The van der Waals surface area contributed by atoms with Crippen LogP contribution >= 0.6 is 0 Å². The predicted octanol–water partition coefficient (Wildman–Crippen LogP) is 2.24. The summed E-state index contributed by atoms with van der Waals surface area (Å²) >= 11 is 0. The predicted molar refractivity (Wildman–Crippen MR) is 110 cm³/mol. The van der Waals surface area contributed by atoms with Crippen molar-refractivity contribution >= 4 is 15.9 Å². The van der Waals surface area contributed by atoms with Gasteiger partial charge in [0.05, 0.1) is 12.0 Å². The monoisotopic (exact) mass is 417 g/mol. The molecule has 2 aromatic rings. The van der Waals surface area contributed by atoms with E-state index >= 15 is 0 Å². The maximum atomic E-state index is 12.6. The highest BCUT2D eigenvalue weighted by atomic mass is 32.2. The number of pyridine rings is 1. The van der Waals surface area contributed by atoms with Crippen LogP contribution < -0.4 is 9.46 Å². The SMILES string of the molecule is COc1ccc(S(=O)(=O)NC[C@H]2CCCN(C(=O)CCc3ccncc3)C2)cc1. The van der Waals surface area contributed by atoms with Crippen LogP contribution in [-0.4, -0.2) is 51.0 Å². The molecule has 0 radical (unpaired) electrons. The van der Waals surface area contributed by atoms with Crippen molar-refractivity contribution in [1.82, 2.24) is 14.6 Å². The van der Waals surface area contributed by atoms with E-state index in [2.05, 4.69) is 9.71 Å². The first kappa shape index (κ1) is 21.3. The van der Waals surface area contributed by atoms with Crippen LogP contribution in [0.3, 0.4) is 0 Å². The second-order valence-corrected chi connectivity index (χ2v) is 9.00. The van der Waals surface area contributed by atoms with Gasteiger partial charge in [0.25, 0.3) is 0 Å². The van der Waals surface area contributed by atoms with Crippen LogP contribution in [0, 0.1) is 5.92 Å². The summed E-state index contributed by atoms with van der Waals surface area (Å²) in [5, 5.41) is 0. The van der Waals surface area contributed by atoms with Crippen molar-refractivity contribution in [1.29, 1.82) is 0 Å². The van der Waals surface area contributed by atoms with Crippen LogP contribution in [0.4, 0.5) is 0 Å². The summed E-state index contributed by atoms with van der Waals surface area (Å²) in [5.74, 6) is 0.836. The molecule has 1 atom stereocenters. The van der Waals surface area contributed by atoms with Gasteiger partial charge in [-0.25, -0.2) is 13.1 Å². The molecule has 1 aliphatic rings. The Hall–Kier alpha value is -2.45. The number of sulfonamides is 1. The molecule has 0 saturated carbocycles. The van der Waals surface area contributed by atoms with Crippen molar-refractivity contribution < 1.29 is 17.9 Å². The Morgan fingerprint density at radius 1 is 1.21 bits per heavy atom. The van der Waals surface area contributed by atoms with Crippen LogP contribution in [0.1, 0.15) is 24.8 Å². The van der Waals surface area contributed by atoms with E-state index in [4.69, 9.17) is 4.74 Å². The van der Waals surface area contributed by atoms with Gasteiger partial charge in [0.2, 0.25) is 15.9 Å². The summed E-state index contributed by atoms with van der Waals surface area (Å²) in [6.45, 7) is 1.64. The lowest BCUT2D eigenvalue weighted by atomic mass is 9.98. The summed E-state index contributed by atoms with van der Waals surface area (Å²) < 4.78 is 32.8. The Balaban J connectivity index is 1.50. The maximum absolute atomic E-state index is 12.6. The van der Waals surface area contributed by atoms with E-state index in [0.717, 1.165) is 24.9 Å². The van der Waals surface area contributed by atoms with Gasteiger partial charge in [0, 0.05) is 38.4 Å². The molecule has 0 aliphatic carbocycles. The number of amides is 1. The molecule has 1 amide bonds. The highest BCUT2D eigenvalue weighted by molar-refractivity contribution is 7.89. The van der Waals surface area contributed by atoms with Crippen molar-refractivity contribution in [2.45, 2.75) is 30.6 Å². The smallest absolute Gasteiger partial charge is 0.240 e. The molecule has 2 heterocycles. The number of hydrogen-bond donors (Lipinski definition) is 1. The van der Waals surface area contributed by atoms with Crippen molar-refractivity contribution in [3.63, 3.8) is 0 Å². The number of benzene rings is 1. The van der Waals surface area contributed by atoms with Gasteiger partial charge in [-0.2, -0.15) is 0 Å². The second-order valence-electron chi connectivity index (χ2n) is 7.23. The highest BCUT2D eigenvalue weighted by Crippen LogP contribution is 2.19. The number of hydrogen-bond acceptors (Lipinski definition) is 5. The van der Waals surface area contributed by atoms with E-state index in [1.54, 1.807) is 24.5 Å². The van der Waals surface area contributed by atoms with Crippen LogP contribution in [0.5, 0.6) is 5.75 Å². The zero-order valence-corrected chi connectivity index (χ0v) is 17.4. The molecule has 1 aliphatic heterocycles. The van der Waals surface area contributed by atoms with E-state index in [-0.39, 0.29) is 16.7 Å². The van der Waals surface area contributed by atoms with Crippen molar-refractivity contribution in [2.24, 2.45) is 5.92 Å². The molecule has 7 nitrogen and oxygen atoms in total. The van der Waals surface area contributed by atoms with Crippen molar-refractivity contribution in [3.05, 3.63) is 54.4 Å². The number of ether oxygens (including phenoxy) is 1. The third kappa shape index (κ3) is 6.01. The number of piperidine rings is 1. The van der Waals surface area contributed by atoms with Crippen molar-refractivity contribution in [3.8, 4) is 5.75 Å². The highest BCUT2D eigenvalue weighted by Gasteiger charge is 2.25. The fourth-order valence-corrected chi connectivity index (χ4v) is 4.60. The third-order valence-electron chi connectivity index (χ3n) is 5.18. The van der Waals surface area contributed by atoms with E-state index in [1.807, 2.05) is 17.0 Å². The van der Waals surface area contributed by atoms with E-state index in [9.17, 15) is 13.2 Å². The minimum absolute atomic E-state index is 0.113. The summed E-state index contributed by atoms with van der Waals surface area (Å²) in [7, 11) is -2.05. The fourth-order valence-electron chi connectivity index (χ4n) is 3.48. The average Bonchev–Trinajstić information content (AvgIpc) is 2.77. The zero-order valence-electron chi connectivity index (χ0n) is 16.6. The van der Waals surface area contributed by atoms with E-state index < -0.39 is 10.0 Å². The molecule has 1 fully saturated rings. The maximum Gasteiger partial charge on any atom is 0.240 e. The quantitative estimate of drug-likeness (QED) is 0.712. The van der Waals surface area contributed by atoms with Crippen LogP contribution in [0.2, 0.25) is 0 Å². The molecule has 8 heteroatoms. The van der Waals surface area contributed by atoms with Gasteiger partial charge in [0.1, 0.15) is 5.75 Å². The first-order valence-electron chi connectivity index (χ1n) is 9.78. The molecule has 1 saturated heterocycles. The molecule has 156 valence electrons. The number of carbonyl (C=O) groups excluding carboxylic acids is 1. The number of likely N-dealkylation sites (tertiary alicyclic amines) is 1. The van der Waals surface area contributed by atoms with Crippen molar-refractivity contribution in [2.75, 3.05) is 26.7 Å². The number of methoxy groups -OCH3 is 1. The molecule has 1 N–H and O–H groups in total. The van der Waals surface area contributed by atoms with Gasteiger partial charge in [-0.05, 0) is 67.1 Å². The normalized spacial score (nSPS) is 17.1. The topological polar surface area (TPSA) is 88.6 Å². The van der Waals surface area contributed by atoms with E-state index in [1.165, 1.54) is 19.2 Å². The van der Waals surface area contributed by atoms with Gasteiger partial charge in [-0.1, -0.05) is 0 Å². The Morgan fingerprint density at radius 3 is 2.62 bits per heavy atom. The fraction of sp³-hybridized carbons (Fsp3) is 0.429. The molecule has 3 rings (SSSR count). The molecule has 0 spiro atoms. The second kappa shape index (κ2) is 9.84. The van der Waals surface area contributed by atoms with Crippen LogP contribution in [0.25, 0.3) is 0 Å². The first-order chi connectivity index (χ1) is 14.0. The number of nitrogens with one attached hydrogen (secondary N) is 1. The van der Waals surface area contributed by atoms with Crippen LogP contribution in [-0.2, 0) is 21.2 Å². The van der Waals surface area contributed by atoms with Gasteiger partial charge in [-0.3, -0.25) is 9.78 Å². The first-order valence-corrected chi connectivity index (χ1v) is 11.3. The summed E-state index contributed by atoms with van der Waals surface area (Å²) in [5.41, 5.74) is 1.09. The number of rotatable bonds is 8. The minimum Gasteiger partial charge on any atom is -0.497 e. The molecular weight excluding hydrogens is 390 g/mol. The Labute approximate surface area is 172 Å². The lowest BCUT2D eigenvalue weighted by Crippen LogP contribution is -2.43. The number of nitrogens with zero attached hydrogens (tertiary/aromatic N) is 2. The Bertz CT molecular complexity index is 901. The average molecular weight is 418 g/mol.